The average molecular weight is 128 g/mol. The van der Waals surface area contributed by atoms with E-state index < -0.39 is 0 Å². The lowest BCUT2D eigenvalue weighted by Gasteiger charge is -1.81. The van der Waals surface area contributed by atoms with E-state index in [-0.39, 0.29) is 0 Å². The van der Waals surface area contributed by atoms with Gasteiger partial charge < -0.3 is 5.73 Å². The number of hydrogen-bond donors (Lipinski definition) is 2. The molecule has 0 fully saturated rings. The average Bonchev–Trinajstić information content (AvgIpc) is 1.81. The Morgan fingerprint density at radius 3 is 2.88 bits per heavy atom. The molecule has 0 bridgehead atoms. The van der Waals surface area contributed by atoms with Crippen LogP contribution < -0.4 is 10.8 Å². The third-order valence-electron chi connectivity index (χ3n) is 0.506. The Hall–Kier alpha value is -0.350. The third kappa shape index (κ3) is 5.65. The van der Waals surface area contributed by atoms with Crippen molar-refractivity contribution in [1.82, 2.24) is 5.09 Å². The molecule has 0 atom stereocenters. The number of hydrogen-bond acceptors (Lipinski definition) is 2. The second-order valence-electron chi connectivity index (χ2n) is 1.05. The van der Waals surface area contributed by atoms with Crippen LogP contribution in [0.4, 0.5) is 0 Å². The Bertz CT molecular complexity index is 111. The van der Waals surface area contributed by atoms with Gasteiger partial charge in [0.1, 0.15) is 0 Å². The number of nitrogens with one attached hydrogen (secondary N) is 1. The van der Waals surface area contributed by atoms with E-state index in [0.717, 1.165) is 8.35 Å². The fraction of sp³-hybridized carbons (Fsp3) is 0.400. The second-order valence-corrected chi connectivity index (χ2v) is 1.68. The Morgan fingerprint density at radius 2 is 2.38 bits per heavy atom. The molecule has 0 radical (unpaired) electrons. The van der Waals surface area contributed by atoms with Crippen LogP contribution in [0.3, 0.4) is 0 Å². The van der Waals surface area contributed by atoms with E-state index >= 15 is 0 Å². The molecule has 0 aromatic rings. The summed E-state index contributed by atoms with van der Waals surface area (Å²) in [5, 5.41) is 2.92. The maximum Gasteiger partial charge on any atom is 0.0651 e. The van der Waals surface area contributed by atoms with Gasteiger partial charge in [-0.3, -0.25) is 5.09 Å². The van der Waals surface area contributed by atoms with Crippen molar-refractivity contribution < 1.29 is 0 Å². The predicted molar refractivity (Wildman–Crippen MR) is 38.9 cm³/mol. The van der Waals surface area contributed by atoms with Crippen LogP contribution in [0.2, 0.25) is 0 Å². The lowest BCUT2D eigenvalue weighted by molar-refractivity contribution is 1.16. The molecular weight excluding hydrogens is 119 g/mol. The highest BCUT2D eigenvalue weighted by molar-refractivity contribution is 7.34. The highest BCUT2D eigenvalue weighted by atomic mass is 31.1. The van der Waals surface area contributed by atoms with E-state index in [1.165, 1.54) is 0 Å². The Kier molecular flexibility index (Phi) is 6.36. The fourth-order valence-corrected chi connectivity index (χ4v) is 0.421. The minimum absolute atomic E-state index is 0.440. The summed E-state index contributed by atoms with van der Waals surface area (Å²) in [6.07, 6.45) is 3.55. The Balaban J connectivity index is 3.02. The van der Waals surface area contributed by atoms with Gasteiger partial charge in [-0.15, -0.1) is 0 Å². The maximum absolute atomic E-state index is 5.09. The van der Waals surface area contributed by atoms with E-state index in [0.29, 0.717) is 13.1 Å². The highest BCUT2D eigenvalue weighted by Crippen LogP contribution is 1.73. The van der Waals surface area contributed by atoms with Crippen molar-refractivity contribution in [3.8, 4) is 11.8 Å². The lowest BCUT2D eigenvalue weighted by Crippen LogP contribution is -1.99. The van der Waals surface area contributed by atoms with E-state index in [1.807, 2.05) is 0 Å². The molecule has 8 heavy (non-hydrogen) atoms. The van der Waals surface area contributed by atoms with Gasteiger partial charge in [0, 0.05) is 0 Å². The molecule has 0 aliphatic heterocycles. The van der Waals surface area contributed by atoms with Gasteiger partial charge in [-0.2, -0.15) is 0 Å². The van der Waals surface area contributed by atoms with E-state index in [4.69, 9.17) is 5.73 Å². The van der Waals surface area contributed by atoms with Gasteiger partial charge in [0.25, 0.3) is 0 Å². The summed E-state index contributed by atoms with van der Waals surface area (Å²) in [6, 6.07) is 0. The van der Waals surface area contributed by atoms with Gasteiger partial charge in [0.15, 0.2) is 0 Å². The molecule has 44 valence electrons. The molecule has 3 N–H and O–H groups in total. The molecule has 0 spiro atoms. The molecular formula is C5H9N2P. The van der Waals surface area contributed by atoms with Crippen LogP contribution >= 0.6 is 8.35 Å². The minimum Gasteiger partial charge on any atom is -0.320 e. The summed E-state index contributed by atoms with van der Waals surface area (Å²) >= 11 is 0. The van der Waals surface area contributed by atoms with Crippen LogP contribution in [0.5, 0.6) is 0 Å². The quantitative estimate of drug-likeness (QED) is 0.308. The predicted octanol–water partition coefficient (Wildman–Crippen LogP) is -0.169. The zero-order valence-corrected chi connectivity index (χ0v) is 5.54. The topological polar surface area (TPSA) is 38.0 Å². The van der Waals surface area contributed by atoms with E-state index in [1.54, 1.807) is 0 Å². The van der Waals surface area contributed by atoms with Crippen LogP contribution in [0.15, 0.2) is 0 Å². The molecule has 0 heterocycles. The molecule has 0 aliphatic carbocycles. The normalized spacial score (nSPS) is 8.12. The summed E-state index contributed by atoms with van der Waals surface area (Å²) < 4.78 is 0. The largest absolute Gasteiger partial charge is 0.320 e. The smallest absolute Gasteiger partial charge is 0.0651 e. The van der Waals surface area contributed by atoms with Crippen molar-refractivity contribution in [1.29, 1.82) is 0 Å². The van der Waals surface area contributed by atoms with Gasteiger partial charge in [0.2, 0.25) is 0 Å². The SMILES string of the molecule is C=PNCC#CCN. The first-order valence-corrected chi connectivity index (χ1v) is 3.34. The van der Waals surface area contributed by atoms with Gasteiger partial charge in [-0.1, -0.05) is 18.1 Å². The zero-order valence-electron chi connectivity index (χ0n) is 4.65. The molecule has 0 saturated carbocycles. The molecule has 0 unspecified atom stereocenters. The molecule has 2 nitrogen and oxygen atoms in total. The van der Waals surface area contributed by atoms with E-state index in [9.17, 15) is 0 Å². The standard InChI is InChI=1S/C5H9N2P/c1-8-7-5-3-2-4-6/h7H,1,4-6H2. The fourth-order valence-electron chi connectivity index (χ4n) is 0.230. The maximum atomic E-state index is 5.09. The minimum atomic E-state index is 0.440. The second kappa shape index (κ2) is 6.65. The first-order valence-electron chi connectivity index (χ1n) is 2.26. The summed E-state index contributed by atoms with van der Waals surface area (Å²) in [5.74, 6) is 5.52. The van der Waals surface area contributed by atoms with Gasteiger partial charge in [-0.25, -0.2) is 0 Å². The molecule has 0 rings (SSSR count). The van der Waals surface area contributed by atoms with Crippen molar-refractivity contribution in [2.45, 2.75) is 0 Å². The first kappa shape index (κ1) is 7.65. The van der Waals surface area contributed by atoms with Crippen LogP contribution in [0, 0.1) is 11.8 Å². The van der Waals surface area contributed by atoms with Crippen LogP contribution in [0.1, 0.15) is 0 Å². The summed E-state index contributed by atoms with van der Waals surface area (Å²) in [5.41, 5.74) is 5.09. The third-order valence-corrected chi connectivity index (χ3v) is 0.888. The molecule has 3 heteroatoms. The van der Waals surface area contributed by atoms with Crippen molar-refractivity contribution in [3.05, 3.63) is 0 Å². The van der Waals surface area contributed by atoms with Gasteiger partial charge >= 0.3 is 0 Å². The van der Waals surface area contributed by atoms with Crippen LogP contribution in [-0.2, 0) is 0 Å². The Morgan fingerprint density at radius 1 is 1.62 bits per heavy atom. The van der Waals surface area contributed by atoms with Crippen molar-refractivity contribution in [3.63, 3.8) is 0 Å². The molecule has 0 aliphatic rings. The molecule has 0 aromatic carbocycles. The summed E-state index contributed by atoms with van der Waals surface area (Å²) in [7, 11) is 0.917. The zero-order chi connectivity index (χ0) is 6.24. The molecule has 0 amide bonds. The highest BCUT2D eigenvalue weighted by Gasteiger charge is 1.66. The summed E-state index contributed by atoms with van der Waals surface area (Å²) in [6.45, 7) is 1.12. The lowest BCUT2D eigenvalue weighted by atomic mass is 10.6. The van der Waals surface area contributed by atoms with Crippen molar-refractivity contribution >= 4 is 14.7 Å². The Labute approximate surface area is 51.3 Å². The number of nitrogens with two attached hydrogens (primary N) is 1. The van der Waals surface area contributed by atoms with Gasteiger partial charge in [0.05, 0.1) is 13.1 Å². The monoisotopic (exact) mass is 128 g/mol. The number of rotatable bonds is 2. The van der Waals surface area contributed by atoms with Crippen molar-refractivity contribution in [2.24, 2.45) is 5.73 Å². The van der Waals surface area contributed by atoms with Crippen LogP contribution in [0.25, 0.3) is 0 Å². The first-order chi connectivity index (χ1) is 3.91. The van der Waals surface area contributed by atoms with Crippen LogP contribution in [-0.4, -0.2) is 19.4 Å². The van der Waals surface area contributed by atoms with Gasteiger partial charge in [-0.05, 0) is 8.35 Å². The van der Waals surface area contributed by atoms with Crippen molar-refractivity contribution in [2.75, 3.05) is 13.1 Å². The molecule has 0 saturated heterocycles. The van der Waals surface area contributed by atoms with E-state index in [2.05, 4.69) is 23.2 Å². The molecule has 0 aromatic heterocycles. The summed E-state index contributed by atoms with van der Waals surface area (Å²) in [4.78, 5) is 0.